The molecule has 2 aromatic rings. The zero-order chi connectivity index (χ0) is 19.7. The smallest absolute Gasteiger partial charge is 0.267 e. The summed E-state index contributed by atoms with van der Waals surface area (Å²) in [5.74, 6) is 0.995. The molecule has 7 nitrogen and oxygen atoms in total. The van der Waals surface area contributed by atoms with Crippen LogP contribution in [0, 0.1) is 6.92 Å². The number of benzene rings is 2. The van der Waals surface area contributed by atoms with Gasteiger partial charge in [-0.15, -0.1) is 0 Å². The van der Waals surface area contributed by atoms with Crippen molar-refractivity contribution in [2.45, 2.75) is 17.9 Å². The summed E-state index contributed by atoms with van der Waals surface area (Å²) in [6.45, 7) is 3.23. The maximum absolute atomic E-state index is 12.8. The molecule has 2 aliphatic heterocycles. The second kappa shape index (κ2) is 7.44. The Bertz CT molecular complexity index is 966. The minimum absolute atomic E-state index is 0.151. The van der Waals surface area contributed by atoms with E-state index < -0.39 is 16.1 Å². The summed E-state index contributed by atoms with van der Waals surface area (Å²) in [5, 5.41) is 0. The summed E-state index contributed by atoms with van der Waals surface area (Å²) >= 11 is 0. The number of para-hydroxylation sites is 2. The first kappa shape index (κ1) is 18.8. The second-order valence-corrected chi connectivity index (χ2v) is 8.84. The second-order valence-electron chi connectivity index (χ2n) is 6.91. The Morgan fingerprint density at radius 3 is 2.29 bits per heavy atom. The van der Waals surface area contributed by atoms with Crippen LogP contribution in [0.25, 0.3) is 0 Å². The minimum atomic E-state index is -3.55. The fourth-order valence-corrected chi connectivity index (χ4v) is 4.78. The van der Waals surface area contributed by atoms with Gasteiger partial charge in [-0.1, -0.05) is 29.8 Å². The van der Waals surface area contributed by atoms with Gasteiger partial charge in [-0.05, 0) is 31.2 Å². The first-order valence-electron chi connectivity index (χ1n) is 9.19. The highest BCUT2D eigenvalue weighted by Gasteiger charge is 2.35. The summed E-state index contributed by atoms with van der Waals surface area (Å²) in [4.78, 5) is 14.7. The monoisotopic (exact) mass is 402 g/mol. The van der Waals surface area contributed by atoms with E-state index >= 15 is 0 Å². The van der Waals surface area contributed by atoms with E-state index in [1.54, 1.807) is 41.3 Å². The Morgan fingerprint density at radius 1 is 0.964 bits per heavy atom. The van der Waals surface area contributed by atoms with Gasteiger partial charge in [0.05, 0.1) is 4.90 Å². The molecule has 0 N–H and O–H groups in total. The zero-order valence-corrected chi connectivity index (χ0v) is 16.4. The van der Waals surface area contributed by atoms with Crippen molar-refractivity contribution < 1.29 is 22.7 Å². The van der Waals surface area contributed by atoms with Crippen LogP contribution in [0.15, 0.2) is 53.4 Å². The van der Waals surface area contributed by atoms with Gasteiger partial charge in [0.1, 0.15) is 6.61 Å². The molecule has 1 atom stereocenters. The molecule has 148 valence electrons. The van der Waals surface area contributed by atoms with Crippen molar-refractivity contribution in [3.05, 3.63) is 54.1 Å². The molecule has 0 spiro atoms. The number of carbonyl (C=O) groups is 1. The van der Waals surface area contributed by atoms with Crippen molar-refractivity contribution in [1.82, 2.24) is 9.21 Å². The Kier molecular flexibility index (Phi) is 4.99. The van der Waals surface area contributed by atoms with E-state index in [9.17, 15) is 13.2 Å². The number of carbonyl (C=O) groups excluding carboxylic acids is 1. The minimum Gasteiger partial charge on any atom is -0.485 e. The summed E-state index contributed by atoms with van der Waals surface area (Å²) in [6, 6.07) is 14.0. The molecule has 1 fully saturated rings. The normalized spacial score (nSPS) is 20.0. The van der Waals surface area contributed by atoms with E-state index in [1.807, 2.05) is 19.1 Å². The van der Waals surface area contributed by atoms with Gasteiger partial charge in [-0.2, -0.15) is 4.31 Å². The molecule has 4 rings (SSSR count). The summed E-state index contributed by atoms with van der Waals surface area (Å²) in [7, 11) is -3.55. The molecule has 2 aliphatic rings. The number of amides is 1. The van der Waals surface area contributed by atoms with Crippen LogP contribution in [0.3, 0.4) is 0 Å². The lowest BCUT2D eigenvalue weighted by atomic mass is 10.2. The fraction of sp³-hybridized carbons (Fsp3) is 0.350. The predicted molar refractivity (Wildman–Crippen MR) is 103 cm³/mol. The van der Waals surface area contributed by atoms with Gasteiger partial charge in [-0.3, -0.25) is 4.79 Å². The van der Waals surface area contributed by atoms with Gasteiger partial charge in [-0.25, -0.2) is 8.42 Å². The van der Waals surface area contributed by atoms with Crippen molar-refractivity contribution >= 4 is 15.9 Å². The third-order valence-electron chi connectivity index (χ3n) is 4.99. The van der Waals surface area contributed by atoms with Crippen molar-refractivity contribution in [3.63, 3.8) is 0 Å². The van der Waals surface area contributed by atoms with E-state index in [4.69, 9.17) is 9.47 Å². The molecule has 28 heavy (non-hydrogen) atoms. The quantitative estimate of drug-likeness (QED) is 0.781. The number of piperazine rings is 1. The molecular formula is C20H22N2O5S. The summed E-state index contributed by atoms with van der Waals surface area (Å²) in [6.07, 6.45) is -0.713. The topological polar surface area (TPSA) is 76.2 Å². The lowest BCUT2D eigenvalue weighted by Crippen LogP contribution is -2.55. The number of hydrogen-bond acceptors (Lipinski definition) is 5. The molecular weight excluding hydrogens is 380 g/mol. The zero-order valence-electron chi connectivity index (χ0n) is 15.6. The lowest BCUT2D eigenvalue weighted by Gasteiger charge is -2.36. The van der Waals surface area contributed by atoms with Crippen LogP contribution in [0.4, 0.5) is 0 Å². The van der Waals surface area contributed by atoms with Crippen LogP contribution >= 0.6 is 0 Å². The largest absolute Gasteiger partial charge is 0.485 e. The Labute approximate surface area is 164 Å². The predicted octanol–water partition coefficient (Wildman–Crippen LogP) is 1.67. The average Bonchev–Trinajstić information content (AvgIpc) is 2.73. The van der Waals surface area contributed by atoms with Crippen LogP contribution in [0.5, 0.6) is 11.5 Å². The molecule has 8 heteroatoms. The highest BCUT2D eigenvalue weighted by Crippen LogP contribution is 2.31. The maximum atomic E-state index is 12.8. The number of hydrogen-bond donors (Lipinski definition) is 0. The van der Waals surface area contributed by atoms with E-state index in [0.717, 1.165) is 5.56 Å². The highest BCUT2D eigenvalue weighted by atomic mass is 32.2. The first-order valence-corrected chi connectivity index (χ1v) is 10.6. The number of nitrogens with zero attached hydrogens (tertiary/aromatic N) is 2. The van der Waals surface area contributed by atoms with Crippen LogP contribution in [-0.2, 0) is 14.8 Å². The van der Waals surface area contributed by atoms with Crippen LogP contribution in [-0.4, -0.2) is 62.4 Å². The van der Waals surface area contributed by atoms with Gasteiger partial charge in [0.15, 0.2) is 11.5 Å². The highest BCUT2D eigenvalue weighted by molar-refractivity contribution is 7.89. The van der Waals surface area contributed by atoms with Crippen LogP contribution in [0.1, 0.15) is 5.56 Å². The molecule has 0 unspecified atom stereocenters. The summed E-state index contributed by atoms with van der Waals surface area (Å²) in [5.41, 5.74) is 1.01. The molecule has 2 heterocycles. The van der Waals surface area contributed by atoms with Crippen molar-refractivity contribution in [2.75, 3.05) is 32.8 Å². The Hall–Kier alpha value is -2.58. The molecule has 0 radical (unpaired) electrons. The molecule has 1 amide bonds. The van der Waals surface area contributed by atoms with E-state index in [0.29, 0.717) is 24.6 Å². The molecule has 0 saturated carbocycles. The van der Waals surface area contributed by atoms with Crippen molar-refractivity contribution in [3.8, 4) is 11.5 Å². The van der Waals surface area contributed by atoms with Gasteiger partial charge < -0.3 is 14.4 Å². The van der Waals surface area contributed by atoms with Crippen molar-refractivity contribution in [1.29, 1.82) is 0 Å². The SMILES string of the molecule is Cc1ccc(S(=O)(=O)N2CCN(C(=O)[C@@H]3COc4ccccc4O3)CC2)cc1. The molecule has 1 saturated heterocycles. The third kappa shape index (κ3) is 3.57. The van der Waals surface area contributed by atoms with E-state index in [1.165, 1.54) is 4.31 Å². The standard InChI is InChI=1S/C20H22N2O5S/c1-15-6-8-16(9-7-15)28(24,25)22-12-10-21(11-13-22)20(23)19-14-26-17-4-2-3-5-18(17)27-19/h2-9,19H,10-14H2,1H3/t19-/m0/s1. The number of ether oxygens (including phenoxy) is 2. The average molecular weight is 402 g/mol. The van der Waals surface area contributed by atoms with Gasteiger partial charge in [0.25, 0.3) is 5.91 Å². The molecule has 0 aliphatic carbocycles. The lowest BCUT2D eigenvalue weighted by molar-refractivity contribution is -0.142. The number of fused-ring (bicyclic) bond motifs is 1. The van der Waals surface area contributed by atoms with E-state index in [2.05, 4.69) is 0 Å². The van der Waals surface area contributed by atoms with Gasteiger partial charge in [0, 0.05) is 26.2 Å². The Morgan fingerprint density at radius 2 is 1.61 bits per heavy atom. The summed E-state index contributed by atoms with van der Waals surface area (Å²) < 4.78 is 38.4. The van der Waals surface area contributed by atoms with E-state index in [-0.39, 0.29) is 30.5 Å². The number of sulfonamides is 1. The van der Waals surface area contributed by atoms with Crippen LogP contribution < -0.4 is 9.47 Å². The first-order chi connectivity index (χ1) is 13.4. The van der Waals surface area contributed by atoms with Crippen molar-refractivity contribution in [2.24, 2.45) is 0 Å². The molecule has 2 aromatic carbocycles. The van der Waals surface area contributed by atoms with Gasteiger partial charge >= 0.3 is 0 Å². The number of aryl methyl sites for hydroxylation is 1. The third-order valence-corrected chi connectivity index (χ3v) is 6.91. The fourth-order valence-electron chi connectivity index (χ4n) is 3.35. The Balaban J connectivity index is 1.39. The molecule has 0 bridgehead atoms. The van der Waals surface area contributed by atoms with Crippen LogP contribution in [0.2, 0.25) is 0 Å². The van der Waals surface area contributed by atoms with Gasteiger partial charge in [0.2, 0.25) is 16.1 Å². The molecule has 0 aromatic heterocycles. The maximum Gasteiger partial charge on any atom is 0.267 e. The number of rotatable bonds is 3.